The summed E-state index contributed by atoms with van der Waals surface area (Å²) in [7, 11) is 1.62. The first-order chi connectivity index (χ1) is 12.5. The second-order valence-electron chi connectivity index (χ2n) is 6.18. The lowest BCUT2D eigenvalue weighted by Crippen LogP contribution is -2.50. The highest BCUT2D eigenvalue weighted by Gasteiger charge is 2.23. The van der Waals surface area contributed by atoms with Crippen LogP contribution in [0.25, 0.3) is 0 Å². The molecule has 3 rings (SSSR count). The van der Waals surface area contributed by atoms with Crippen LogP contribution in [-0.2, 0) is 0 Å². The molecule has 0 bridgehead atoms. The molecule has 0 radical (unpaired) electrons. The lowest BCUT2D eigenvalue weighted by molar-refractivity contribution is 0.208. The van der Waals surface area contributed by atoms with Crippen molar-refractivity contribution in [3.8, 4) is 5.75 Å². The van der Waals surface area contributed by atoms with Crippen molar-refractivity contribution < 1.29 is 13.9 Å². The van der Waals surface area contributed by atoms with Gasteiger partial charge in [0.25, 0.3) is 0 Å². The molecule has 26 heavy (non-hydrogen) atoms. The standard InChI is InChI=1S/C19H21ClFN3O2/c1-13-11-17(18(26-2)12-16(13)20)23-7-9-24(10-8-23)19(25)22-15-5-3-14(21)4-6-15/h3-6,11-12H,7-10H2,1-2H3,(H,22,25). The Balaban J connectivity index is 1.63. The van der Waals surface area contributed by atoms with Crippen LogP contribution in [0.15, 0.2) is 36.4 Å². The predicted molar refractivity (Wildman–Crippen MR) is 102 cm³/mol. The van der Waals surface area contributed by atoms with E-state index in [4.69, 9.17) is 16.3 Å². The number of nitrogens with one attached hydrogen (secondary N) is 1. The first-order valence-electron chi connectivity index (χ1n) is 8.38. The minimum atomic E-state index is -0.330. The second kappa shape index (κ2) is 7.83. The summed E-state index contributed by atoms with van der Waals surface area (Å²) in [5.41, 5.74) is 2.54. The number of anilines is 2. The summed E-state index contributed by atoms with van der Waals surface area (Å²) in [6, 6.07) is 9.38. The van der Waals surface area contributed by atoms with E-state index in [1.165, 1.54) is 12.1 Å². The quantitative estimate of drug-likeness (QED) is 0.873. The number of nitrogens with zero attached hydrogens (tertiary/aromatic N) is 2. The Bertz CT molecular complexity index is 790. The molecule has 0 spiro atoms. The van der Waals surface area contributed by atoms with Crippen LogP contribution in [0.5, 0.6) is 5.75 Å². The van der Waals surface area contributed by atoms with Crippen LogP contribution in [0.2, 0.25) is 5.02 Å². The third-order valence-electron chi connectivity index (χ3n) is 4.46. The van der Waals surface area contributed by atoms with Gasteiger partial charge in [0.1, 0.15) is 11.6 Å². The molecule has 1 aliphatic heterocycles. The van der Waals surface area contributed by atoms with Crippen LogP contribution in [0.1, 0.15) is 5.56 Å². The van der Waals surface area contributed by atoms with Crippen molar-refractivity contribution in [2.75, 3.05) is 43.5 Å². The molecule has 1 N–H and O–H groups in total. The number of carbonyl (C=O) groups excluding carboxylic acids is 1. The van der Waals surface area contributed by atoms with E-state index in [-0.39, 0.29) is 11.8 Å². The number of hydrogen-bond donors (Lipinski definition) is 1. The zero-order chi connectivity index (χ0) is 18.7. The second-order valence-corrected chi connectivity index (χ2v) is 6.59. The first-order valence-corrected chi connectivity index (χ1v) is 8.76. The summed E-state index contributed by atoms with van der Waals surface area (Å²) in [5, 5.41) is 3.46. The van der Waals surface area contributed by atoms with E-state index in [1.807, 2.05) is 19.1 Å². The van der Waals surface area contributed by atoms with Crippen LogP contribution in [0.3, 0.4) is 0 Å². The van der Waals surface area contributed by atoms with Crippen molar-refractivity contribution in [1.82, 2.24) is 4.90 Å². The van der Waals surface area contributed by atoms with Gasteiger partial charge in [-0.05, 0) is 42.8 Å². The van der Waals surface area contributed by atoms with Gasteiger partial charge >= 0.3 is 6.03 Å². The molecule has 7 heteroatoms. The van der Waals surface area contributed by atoms with E-state index < -0.39 is 0 Å². The van der Waals surface area contributed by atoms with Gasteiger partial charge in [-0.3, -0.25) is 0 Å². The topological polar surface area (TPSA) is 44.8 Å². The summed E-state index contributed by atoms with van der Waals surface area (Å²) >= 11 is 6.17. The normalized spacial score (nSPS) is 14.3. The van der Waals surface area contributed by atoms with E-state index in [0.717, 1.165) is 17.0 Å². The SMILES string of the molecule is COc1cc(Cl)c(C)cc1N1CCN(C(=O)Nc2ccc(F)cc2)CC1. The number of benzene rings is 2. The van der Waals surface area contributed by atoms with Crippen LogP contribution in [0.4, 0.5) is 20.6 Å². The van der Waals surface area contributed by atoms with Gasteiger partial charge in [-0.25, -0.2) is 9.18 Å². The van der Waals surface area contributed by atoms with Gasteiger partial charge in [-0.2, -0.15) is 0 Å². The van der Waals surface area contributed by atoms with Crippen molar-refractivity contribution in [2.24, 2.45) is 0 Å². The Morgan fingerprint density at radius 3 is 2.42 bits per heavy atom. The van der Waals surface area contributed by atoms with E-state index >= 15 is 0 Å². The van der Waals surface area contributed by atoms with Crippen LogP contribution in [-0.4, -0.2) is 44.2 Å². The van der Waals surface area contributed by atoms with Gasteiger partial charge in [0, 0.05) is 43.0 Å². The summed E-state index contributed by atoms with van der Waals surface area (Å²) in [6.45, 7) is 4.50. The minimum absolute atomic E-state index is 0.185. The van der Waals surface area contributed by atoms with Crippen molar-refractivity contribution >= 4 is 29.0 Å². The van der Waals surface area contributed by atoms with Crippen molar-refractivity contribution in [3.05, 3.63) is 52.8 Å². The summed E-state index contributed by atoms with van der Waals surface area (Å²) in [5.74, 6) is 0.397. The van der Waals surface area contributed by atoms with Crippen LogP contribution >= 0.6 is 11.6 Å². The number of ether oxygens (including phenoxy) is 1. The molecule has 0 atom stereocenters. The molecule has 0 unspecified atom stereocenters. The Morgan fingerprint density at radius 1 is 1.15 bits per heavy atom. The zero-order valence-corrected chi connectivity index (χ0v) is 15.5. The summed E-state index contributed by atoms with van der Waals surface area (Å²) in [4.78, 5) is 16.3. The van der Waals surface area contributed by atoms with E-state index in [9.17, 15) is 9.18 Å². The highest BCUT2D eigenvalue weighted by molar-refractivity contribution is 6.31. The number of halogens is 2. The molecule has 2 aromatic rings. The molecule has 1 aliphatic rings. The van der Waals surface area contributed by atoms with Crippen molar-refractivity contribution in [1.29, 1.82) is 0 Å². The molecule has 0 aromatic heterocycles. The fraction of sp³-hybridized carbons (Fsp3) is 0.316. The average molecular weight is 378 g/mol. The molecule has 5 nitrogen and oxygen atoms in total. The Hall–Kier alpha value is -2.47. The molecular formula is C19H21ClFN3O2. The van der Waals surface area contributed by atoms with Gasteiger partial charge in [0.05, 0.1) is 12.8 Å². The first kappa shape index (κ1) is 18.3. The average Bonchev–Trinajstić information content (AvgIpc) is 2.65. The number of rotatable bonds is 3. The Kier molecular flexibility index (Phi) is 5.52. The minimum Gasteiger partial charge on any atom is -0.495 e. The monoisotopic (exact) mass is 377 g/mol. The molecule has 0 saturated carbocycles. The van der Waals surface area contributed by atoms with E-state index in [1.54, 1.807) is 24.1 Å². The maximum atomic E-state index is 13.0. The summed E-state index contributed by atoms with van der Waals surface area (Å²) < 4.78 is 18.4. The molecule has 2 amide bonds. The van der Waals surface area contributed by atoms with Crippen molar-refractivity contribution in [2.45, 2.75) is 6.92 Å². The fourth-order valence-electron chi connectivity index (χ4n) is 2.94. The maximum absolute atomic E-state index is 13.0. The third-order valence-corrected chi connectivity index (χ3v) is 4.87. The predicted octanol–water partition coefficient (Wildman–Crippen LogP) is 4.15. The molecule has 1 heterocycles. The Labute approximate surface area is 157 Å². The molecule has 138 valence electrons. The lowest BCUT2D eigenvalue weighted by atomic mass is 10.1. The molecule has 1 fully saturated rings. The number of piperazine rings is 1. The number of urea groups is 1. The van der Waals surface area contributed by atoms with Crippen molar-refractivity contribution in [3.63, 3.8) is 0 Å². The highest BCUT2D eigenvalue weighted by atomic mass is 35.5. The third kappa shape index (κ3) is 4.02. The number of amides is 2. The maximum Gasteiger partial charge on any atom is 0.321 e. The van der Waals surface area contributed by atoms with Gasteiger partial charge < -0.3 is 19.9 Å². The van der Waals surface area contributed by atoms with Crippen LogP contribution < -0.4 is 15.0 Å². The highest BCUT2D eigenvalue weighted by Crippen LogP contribution is 2.34. The fourth-order valence-corrected chi connectivity index (χ4v) is 3.10. The zero-order valence-electron chi connectivity index (χ0n) is 14.8. The molecule has 2 aromatic carbocycles. The van der Waals surface area contributed by atoms with E-state index in [2.05, 4.69) is 10.2 Å². The van der Waals surface area contributed by atoms with E-state index in [0.29, 0.717) is 36.9 Å². The van der Waals surface area contributed by atoms with Gasteiger partial charge in [-0.1, -0.05) is 11.6 Å². The summed E-state index contributed by atoms with van der Waals surface area (Å²) in [6.07, 6.45) is 0. The van der Waals surface area contributed by atoms with Crippen LogP contribution in [0, 0.1) is 12.7 Å². The Morgan fingerprint density at radius 2 is 1.81 bits per heavy atom. The number of aryl methyl sites for hydroxylation is 1. The molecule has 0 aliphatic carbocycles. The number of hydrogen-bond acceptors (Lipinski definition) is 3. The molecular weight excluding hydrogens is 357 g/mol. The smallest absolute Gasteiger partial charge is 0.321 e. The van der Waals surface area contributed by atoms with Gasteiger partial charge in [0.15, 0.2) is 0 Å². The lowest BCUT2D eigenvalue weighted by Gasteiger charge is -2.36. The number of carbonyl (C=O) groups is 1. The molecule has 1 saturated heterocycles. The van der Waals surface area contributed by atoms with Gasteiger partial charge in [-0.15, -0.1) is 0 Å². The van der Waals surface area contributed by atoms with Gasteiger partial charge in [0.2, 0.25) is 0 Å². The largest absolute Gasteiger partial charge is 0.495 e. The number of methoxy groups -OCH3 is 1.